The lowest BCUT2D eigenvalue weighted by Crippen LogP contribution is -2.20. The van der Waals surface area contributed by atoms with Gasteiger partial charge in [0.2, 0.25) is 5.13 Å². The number of benzene rings is 2. The summed E-state index contributed by atoms with van der Waals surface area (Å²) in [5, 5.41) is 11.3. The fourth-order valence-corrected chi connectivity index (χ4v) is 4.28. The molecule has 2 aromatic carbocycles. The van der Waals surface area contributed by atoms with E-state index in [9.17, 15) is 4.79 Å². The average molecular weight is 464 g/mol. The van der Waals surface area contributed by atoms with Crippen LogP contribution < -0.4 is 10.1 Å². The van der Waals surface area contributed by atoms with Crippen LogP contribution in [0.5, 0.6) is 5.75 Å². The van der Waals surface area contributed by atoms with Crippen molar-refractivity contribution in [3.63, 3.8) is 0 Å². The van der Waals surface area contributed by atoms with E-state index in [-0.39, 0.29) is 12.5 Å². The second-order valence-electron chi connectivity index (χ2n) is 5.86. The van der Waals surface area contributed by atoms with Gasteiger partial charge in [0.25, 0.3) is 5.91 Å². The van der Waals surface area contributed by atoms with E-state index in [1.165, 1.54) is 16.9 Å². The van der Waals surface area contributed by atoms with Crippen molar-refractivity contribution in [2.75, 3.05) is 11.9 Å². The number of ether oxygens (including phenoxy) is 1. The van der Waals surface area contributed by atoms with Crippen molar-refractivity contribution in [1.29, 1.82) is 0 Å². The number of amides is 1. The van der Waals surface area contributed by atoms with Gasteiger partial charge in [0.05, 0.1) is 0 Å². The quantitative estimate of drug-likeness (QED) is 0.383. The first-order chi connectivity index (χ1) is 13.0. The number of hydrogen-bond acceptors (Lipinski definition) is 6. The zero-order chi connectivity index (χ0) is 19.2. The molecule has 1 heterocycles. The summed E-state index contributed by atoms with van der Waals surface area (Å²) in [4.78, 5) is 12.1. The molecule has 0 unspecified atom stereocenters. The first-order valence-electron chi connectivity index (χ1n) is 8.21. The summed E-state index contributed by atoms with van der Waals surface area (Å²) < 4.78 is 7.45. The molecule has 0 aliphatic carbocycles. The average Bonchev–Trinajstić information content (AvgIpc) is 3.11. The molecule has 0 atom stereocenters. The predicted molar refractivity (Wildman–Crippen MR) is 114 cm³/mol. The maximum atomic E-state index is 12.1. The van der Waals surface area contributed by atoms with Crippen molar-refractivity contribution >= 4 is 50.1 Å². The highest BCUT2D eigenvalue weighted by atomic mass is 79.9. The molecular formula is C19H18BrN3O2S2. The number of halogens is 1. The number of carbonyl (C=O) groups is 1. The molecule has 1 amide bonds. The van der Waals surface area contributed by atoms with Crippen molar-refractivity contribution in [2.24, 2.45) is 0 Å². The van der Waals surface area contributed by atoms with Gasteiger partial charge < -0.3 is 4.74 Å². The van der Waals surface area contributed by atoms with Crippen molar-refractivity contribution in [3.8, 4) is 5.75 Å². The summed E-state index contributed by atoms with van der Waals surface area (Å²) in [6.45, 7) is 3.90. The Balaban J connectivity index is 1.49. The maximum absolute atomic E-state index is 12.1. The first-order valence-corrected chi connectivity index (χ1v) is 10.8. The van der Waals surface area contributed by atoms with Crippen molar-refractivity contribution in [3.05, 3.63) is 63.6 Å². The number of hydrogen-bond donors (Lipinski definition) is 1. The Morgan fingerprint density at radius 1 is 1.19 bits per heavy atom. The molecule has 0 saturated heterocycles. The monoisotopic (exact) mass is 463 g/mol. The Morgan fingerprint density at radius 2 is 1.89 bits per heavy atom. The fraction of sp³-hybridized carbons (Fsp3) is 0.211. The lowest BCUT2D eigenvalue weighted by molar-refractivity contribution is -0.118. The van der Waals surface area contributed by atoms with Gasteiger partial charge in [-0.2, -0.15) is 0 Å². The Bertz CT molecular complexity index is 909. The predicted octanol–water partition coefficient (Wildman–Crippen LogP) is 5.23. The third-order valence-electron chi connectivity index (χ3n) is 3.64. The lowest BCUT2D eigenvalue weighted by Gasteiger charge is -2.09. The van der Waals surface area contributed by atoms with E-state index in [1.807, 2.05) is 44.2 Å². The van der Waals surface area contributed by atoms with Gasteiger partial charge in [0.15, 0.2) is 10.9 Å². The van der Waals surface area contributed by atoms with Crippen LogP contribution in [0.3, 0.4) is 0 Å². The van der Waals surface area contributed by atoms with Gasteiger partial charge in [-0.3, -0.25) is 10.1 Å². The van der Waals surface area contributed by atoms with Gasteiger partial charge in [-0.1, -0.05) is 69.4 Å². The number of nitrogens with zero attached hydrogens (tertiary/aromatic N) is 2. The summed E-state index contributed by atoms with van der Waals surface area (Å²) in [5.74, 6) is 1.22. The highest BCUT2D eigenvalue weighted by Crippen LogP contribution is 2.28. The van der Waals surface area contributed by atoms with Crippen LogP contribution in [0.2, 0.25) is 0 Å². The largest absolute Gasteiger partial charge is 0.484 e. The molecule has 8 heteroatoms. The highest BCUT2D eigenvalue weighted by Gasteiger charge is 2.10. The van der Waals surface area contributed by atoms with Crippen LogP contribution >= 0.6 is 39.0 Å². The van der Waals surface area contributed by atoms with Gasteiger partial charge >= 0.3 is 0 Å². The molecule has 3 aromatic rings. The molecule has 0 fully saturated rings. The topological polar surface area (TPSA) is 64.1 Å². The second kappa shape index (κ2) is 9.34. The van der Waals surface area contributed by atoms with Crippen LogP contribution in [0.25, 0.3) is 0 Å². The Kier molecular flexibility index (Phi) is 6.87. The molecule has 0 radical (unpaired) electrons. The molecule has 140 valence electrons. The van der Waals surface area contributed by atoms with E-state index in [0.717, 1.165) is 25.7 Å². The zero-order valence-corrected chi connectivity index (χ0v) is 18.1. The number of anilines is 1. The Morgan fingerprint density at radius 3 is 2.59 bits per heavy atom. The fourth-order valence-electron chi connectivity index (χ4n) is 2.33. The molecule has 1 N–H and O–H groups in total. The number of aromatic nitrogens is 2. The van der Waals surface area contributed by atoms with Crippen molar-refractivity contribution in [2.45, 2.75) is 23.9 Å². The summed E-state index contributed by atoms with van der Waals surface area (Å²) in [6.07, 6.45) is 0. The molecule has 1 aromatic heterocycles. The van der Waals surface area contributed by atoms with Crippen LogP contribution in [-0.4, -0.2) is 22.7 Å². The molecule has 3 rings (SSSR count). The summed E-state index contributed by atoms with van der Waals surface area (Å²) >= 11 is 6.47. The normalized spacial score (nSPS) is 10.6. The number of thioether (sulfide) groups is 1. The number of rotatable bonds is 7. The number of aryl methyl sites for hydroxylation is 2. The minimum Gasteiger partial charge on any atom is -0.484 e. The van der Waals surface area contributed by atoms with E-state index in [0.29, 0.717) is 10.9 Å². The third kappa shape index (κ3) is 5.79. The van der Waals surface area contributed by atoms with Crippen LogP contribution in [-0.2, 0) is 10.5 Å². The molecular weight excluding hydrogens is 446 g/mol. The Hall–Kier alpha value is -1.90. The second-order valence-corrected chi connectivity index (χ2v) is 8.85. The summed E-state index contributed by atoms with van der Waals surface area (Å²) in [5.41, 5.74) is 3.35. The van der Waals surface area contributed by atoms with Gasteiger partial charge in [-0.25, -0.2) is 0 Å². The van der Waals surface area contributed by atoms with E-state index < -0.39 is 0 Å². The standard InChI is InChI=1S/C19H18BrN3O2S2/c1-12-8-15(9-13(2)17(12)20)25-10-16(24)21-18-22-23-19(27-18)26-11-14-6-4-3-5-7-14/h3-9H,10-11H2,1-2H3,(H,21,22,24). The summed E-state index contributed by atoms with van der Waals surface area (Å²) in [7, 11) is 0. The minimum absolute atomic E-state index is 0.0768. The van der Waals surface area contributed by atoms with Crippen molar-refractivity contribution < 1.29 is 9.53 Å². The summed E-state index contributed by atoms with van der Waals surface area (Å²) in [6, 6.07) is 13.9. The minimum atomic E-state index is -0.260. The van der Waals surface area contributed by atoms with Crippen LogP contribution in [0, 0.1) is 13.8 Å². The number of nitrogens with one attached hydrogen (secondary N) is 1. The van der Waals surface area contributed by atoms with Crippen molar-refractivity contribution in [1.82, 2.24) is 10.2 Å². The van der Waals surface area contributed by atoms with Gasteiger partial charge in [-0.05, 0) is 42.7 Å². The van der Waals surface area contributed by atoms with Crippen LogP contribution in [0.15, 0.2) is 51.3 Å². The Labute approximate surface area is 174 Å². The molecule has 5 nitrogen and oxygen atoms in total. The zero-order valence-electron chi connectivity index (χ0n) is 14.9. The smallest absolute Gasteiger partial charge is 0.264 e. The maximum Gasteiger partial charge on any atom is 0.264 e. The molecule has 0 aliphatic rings. The third-order valence-corrected chi connectivity index (χ3v) is 6.93. The van der Waals surface area contributed by atoms with E-state index >= 15 is 0 Å². The molecule has 0 saturated carbocycles. The molecule has 27 heavy (non-hydrogen) atoms. The van der Waals surface area contributed by atoms with Crippen LogP contribution in [0.4, 0.5) is 5.13 Å². The first kappa shape index (κ1) is 19.9. The van der Waals surface area contributed by atoms with Crippen LogP contribution in [0.1, 0.15) is 16.7 Å². The molecule has 0 aliphatic heterocycles. The number of carbonyl (C=O) groups excluding carboxylic acids is 1. The molecule has 0 bridgehead atoms. The van der Waals surface area contributed by atoms with Gasteiger partial charge in [-0.15, -0.1) is 10.2 Å². The van der Waals surface area contributed by atoms with E-state index in [2.05, 4.69) is 43.6 Å². The SMILES string of the molecule is Cc1cc(OCC(=O)Nc2nnc(SCc3ccccc3)s2)cc(C)c1Br. The highest BCUT2D eigenvalue weighted by molar-refractivity contribution is 9.10. The van der Waals surface area contributed by atoms with Gasteiger partial charge in [0.1, 0.15) is 5.75 Å². The lowest BCUT2D eigenvalue weighted by atomic mass is 10.1. The van der Waals surface area contributed by atoms with Gasteiger partial charge in [0, 0.05) is 10.2 Å². The van der Waals surface area contributed by atoms with E-state index in [1.54, 1.807) is 11.8 Å². The molecule has 0 spiro atoms. The van der Waals surface area contributed by atoms with E-state index in [4.69, 9.17) is 4.74 Å².